The molecule has 1 amide bonds. The maximum Gasteiger partial charge on any atom is 0.226 e. The molecule has 4 atom stereocenters. The van der Waals surface area contributed by atoms with E-state index in [-0.39, 0.29) is 24.0 Å². The van der Waals surface area contributed by atoms with Crippen LogP contribution in [-0.4, -0.2) is 43.4 Å². The van der Waals surface area contributed by atoms with Gasteiger partial charge in [-0.3, -0.25) is 9.78 Å². The highest BCUT2D eigenvalue weighted by Crippen LogP contribution is 2.43. The van der Waals surface area contributed by atoms with Crippen molar-refractivity contribution in [3.05, 3.63) is 30.1 Å². The second kappa shape index (κ2) is 5.89. The van der Waals surface area contributed by atoms with Crippen LogP contribution >= 0.6 is 0 Å². The van der Waals surface area contributed by atoms with E-state index in [0.717, 1.165) is 18.7 Å². The molecule has 1 N–H and O–H groups in total. The van der Waals surface area contributed by atoms with E-state index in [0.29, 0.717) is 18.9 Å². The van der Waals surface area contributed by atoms with Gasteiger partial charge in [-0.15, -0.1) is 0 Å². The summed E-state index contributed by atoms with van der Waals surface area (Å²) in [5.74, 6) is 0.753. The van der Waals surface area contributed by atoms with E-state index < -0.39 is 0 Å². The first-order chi connectivity index (χ1) is 9.79. The predicted molar refractivity (Wildman–Crippen MR) is 73.1 cm³/mol. The molecule has 1 aromatic heterocycles. The standard InChI is InChI=1S/C15H20N2O3/c1-19-9-12-14(11-5-7-20-15(11)12)17-13(18)8-10-4-2-3-6-16-10/h2-4,6,11-12,14-15H,5,7-9H2,1H3,(H,17,18)/t11-,12+,14+,15-/m0/s1. The lowest BCUT2D eigenvalue weighted by atomic mass is 9.67. The van der Waals surface area contributed by atoms with Crippen LogP contribution in [0.4, 0.5) is 0 Å². The minimum atomic E-state index is 0.0279. The summed E-state index contributed by atoms with van der Waals surface area (Å²) >= 11 is 0. The zero-order chi connectivity index (χ0) is 13.9. The van der Waals surface area contributed by atoms with Gasteiger partial charge in [0, 0.05) is 43.5 Å². The maximum atomic E-state index is 12.1. The van der Waals surface area contributed by atoms with Gasteiger partial charge in [-0.2, -0.15) is 0 Å². The molecule has 1 aliphatic heterocycles. The minimum Gasteiger partial charge on any atom is -0.384 e. The van der Waals surface area contributed by atoms with Gasteiger partial charge in [0.2, 0.25) is 5.91 Å². The van der Waals surface area contributed by atoms with Crippen molar-refractivity contribution in [2.45, 2.75) is 25.0 Å². The Labute approximate surface area is 118 Å². The van der Waals surface area contributed by atoms with Crippen molar-refractivity contribution in [1.29, 1.82) is 0 Å². The van der Waals surface area contributed by atoms with E-state index in [1.165, 1.54) is 0 Å². The number of nitrogens with one attached hydrogen (secondary N) is 1. The normalized spacial score (nSPS) is 31.4. The van der Waals surface area contributed by atoms with Gasteiger partial charge in [-0.25, -0.2) is 0 Å². The Morgan fingerprint density at radius 2 is 2.45 bits per heavy atom. The Hall–Kier alpha value is -1.46. The zero-order valence-corrected chi connectivity index (χ0v) is 11.6. The van der Waals surface area contributed by atoms with Crippen LogP contribution in [0.5, 0.6) is 0 Å². The fraction of sp³-hybridized carbons (Fsp3) is 0.600. The van der Waals surface area contributed by atoms with Crippen LogP contribution < -0.4 is 5.32 Å². The fourth-order valence-electron chi connectivity index (χ4n) is 3.34. The third-order valence-electron chi connectivity index (χ3n) is 4.28. The molecule has 0 spiro atoms. The lowest BCUT2D eigenvalue weighted by Crippen LogP contribution is -2.63. The number of nitrogens with zero attached hydrogens (tertiary/aromatic N) is 1. The summed E-state index contributed by atoms with van der Waals surface area (Å²) in [6.07, 6.45) is 3.32. The van der Waals surface area contributed by atoms with Crippen LogP contribution in [0.25, 0.3) is 0 Å². The smallest absolute Gasteiger partial charge is 0.226 e. The molecule has 0 aromatic carbocycles. The number of pyridine rings is 1. The highest BCUT2D eigenvalue weighted by atomic mass is 16.5. The van der Waals surface area contributed by atoms with Gasteiger partial charge < -0.3 is 14.8 Å². The van der Waals surface area contributed by atoms with Crippen LogP contribution in [0.3, 0.4) is 0 Å². The summed E-state index contributed by atoms with van der Waals surface area (Å²) in [5, 5.41) is 3.13. The van der Waals surface area contributed by atoms with Gasteiger partial charge in [0.05, 0.1) is 19.1 Å². The third kappa shape index (κ3) is 2.55. The van der Waals surface area contributed by atoms with Gasteiger partial charge in [-0.1, -0.05) is 6.07 Å². The zero-order valence-electron chi connectivity index (χ0n) is 11.6. The number of aromatic nitrogens is 1. The maximum absolute atomic E-state index is 12.1. The molecule has 0 bridgehead atoms. The third-order valence-corrected chi connectivity index (χ3v) is 4.28. The SMILES string of the molecule is COC[C@@H]1[C@H](NC(=O)Cc2ccccn2)[C@@H]2CCO[C@H]12. The summed E-state index contributed by atoms with van der Waals surface area (Å²) in [4.78, 5) is 16.3. The Balaban J connectivity index is 1.57. The average Bonchev–Trinajstić information content (AvgIpc) is 2.88. The molecule has 2 fully saturated rings. The van der Waals surface area contributed by atoms with Gasteiger partial charge >= 0.3 is 0 Å². The Kier molecular flexibility index (Phi) is 3.98. The van der Waals surface area contributed by atoms with Crippen LogP contribution in [0.15, 0.2) is 24.4 Å². The molecule has 5 heteroatoms. The van der Waals surface area contributed by atoms with E-state index >= 15 is 0 Å². The Morgan fingerprint density at radius 1 is 1.55 bits per heavy atom. The molecule has 1 aromatic rings. The van der Waals surface area contributed by atoms with E-state index in [1.54, 1.807) is 13.3 Å². The summed E-state index contributed by atoms with van der Waals surface area (Å²) < 4.78 is 10.9. The highest BCUT2D eigenvalue weighted by molar-refractivity contribution is 5.78. The second-order valence-corrected chi connectivity index (χ2v) is 5.50. The van der Waals surface area contributed by atoms with Crippen molar-refractivity contribution < 1.29 is 14.3 Å². The lowest BCUT2D eigenvalue weighted by Gasteiger charge is -2.47. The summed E-state index contributed by atoms with van der Waals surface area (Å²) in [6, 6.07) is 5.79. The van der Waals surface area contributed by atoms with Crippen molar-refractivity contribution in [3.63, 3.8) is 0 Å². The Bertz CT molecular complexity index is 465. The molecule has 0 unspecified atom stereocenters. The molecule has 1 saturated carbocycles. The quantitative estimate of drug-likeness (QED) is 0.864. The molecular formula is C15H20N2O3. The summed E-state index contributed by atoms with van der Waals surface area (Å²) in [7, 11) is 1.69. The number of carbonyl (C=O) groups excluding carboxylic acids is 1. The number of hydrogen-bond donors (Lipinski definition) is 1. The molecule has 1 saturated heterocycles. The van der Waals surface area contributed by atoms with Gasteiger partial charge in [-0.05, 0) is 18.6 Å². The molecule has 2 heterocycles. The largest absolute Gasteiger partial charge is 0.384 e. The van der Waals surface area contributed by atoms with Crippen molar-refractivity contribution in [2.24, 2.45) is 11.8 Å². The Morgan fingerprint density at radius 3 is 3.20 bits per heavy atom. The number of rotatable bonds is 5. The monoisotopic (exact) mass is 276 g/mol. The molecule has 1 aliphatic carbocycles. The fourth-order valence-corrected chi connectivity index (χ4v) is 3.34. The van der Waals surface area contributed by atoms with Crippen molar-refractivity contribution in [1.82, 2.24) is 10.3 Å². The first-order valence-corrected chi connectivity index (χ1v) is 7.09. The average molecular weight is 276 g/mol. The summed E-state index contributed by atoms with van der Waals surface area (Å²) in [6.45, 7) is 1.43. The van der Waals surface area contributed by atoms with Crippen LogP contribution in [0, 0.1) is 11.8 Å². The molecule has 20 heavy (non-hydrogen) atoms. The first kappa shape index (κ1) is 13.5. The first-order valence-electron chi connectivity index (χ1n) is 7.09. The van der Waals surface area contributed by atoms with Crippen LogP contribution in [0.2, 0.25) is 0 Å². The molecule has 2 aliphatic rings. The van der Waals surface area contributed by atoms with E-state index in [2.05, 4.69) is 10.3 Å². The van der Waals surface area contributed by atoms with E-state index in [4.69, 9.17) is 9.47 Å². The number of carbonyl (C=O) groups is 1. The van der Waals surface area contributed by atoms with Crippen LogP contribution in [-0.2, 0) is 20.7 Å². The second-order valence-electron chi connectivity index (χ2n) is 5.50. The van der Waals surface area contributed by atoms with Crippen molar-refractivity contribution in [3.8, 4) is 0 Å². The number of methoxy groups -OCH3 is 1. The lowest BCUT2D eigenvalue weighted by molar-refractivity contribution is -0.129. The van der Waals surface area contributed by atoms with E-state index in [9.17, 15) is 4.79 Å². The van der Waals surface area contributed by atoms with Gasteiger partial charge in [0.25, 0.3) is 0 Å². The van der Waals surface area contributed by atoms with Gasteiger partial charge in [0.1, 0.15) is 0 Å². The number of hydrogen-bond acceptors (Lipinski definition) is 4. The van der Waals surface area contributed by atoms with Gasteiger partial charge in [0.15, 0.2) is 0 Å². The van der Waals surface area contributed by atoms with Crippen molar-refractivity contribution in [2.75, 3.05) is 20.3 Å². The number of amides is 1. The highest BCUT2D eigenvalue weighted by Gasteiger charge is 2.54. The van der Waals surface area contributed by atoms with E-state index in [1.807, 2.05) is 18.2 Å². The molecule has 0 radical (unpaired) electrons. The number of ether oxygens (including phenoxy) is 2. The molecule has 3 rings (SSSR count). The molecule has 5 nitrogen and oxygen atoms in total. The predicted octanol–water partition coefficient (Wildman–Crippen LogP) is 0.790. The summed E-state index contributed by atoms with van der Waals surface area (Å²) in [5.41, 5.74) is 0.798. The van der Waals surface area contributed by atoms with Crippen molar-refractivity contribution >= 4 is 5.91 Å². The van der Waals surface area contributed by atoms with Crippen LogP contribution in [0.1, 0.15) is 12.1 Å². The topological polar surface area (TPSA) is 60.5 Å². The molecular weight excluding hydrogens is 256 g/mol. The minimum absolute atomic E-state index is 0.0279. The molecule has 108 valence electrons. The number of fused-ring (bicyclic) bond motifs is 1.